The third-order valence-corrected chi connectivity index (χ3v) is 5.77. The molecule has 3 fully saturated rings. The quantitative estimate of drug-likeness (QED) is 0.549. The zero-order chi connectivity index (χ0) is 12.4. The number of hydrogen-bond donors (Lipinski definition) is 0. The Hall–Kier alpha value is -0.970. The molecule has 17 heavy (non-hydrogen) atoms. The minimum Gasteiger partial charge on any atom is -0.457 e. The highest BCUT2D eigenvalue weighted by molar-refractivity contribution is 8.01. The second-order valence-corrected chi connectivity index (χ2v) is 6.53. The van der Waals surface area contributed by atoms with E-state index in [4.69, 9.17) is 9.47 Å². The molecule has 4 nitrogen and oxygen atoms in total. The van der Waals surface area contributed by atoms with E-state index < -0.39 is 11.6 Å². The number of hydrogen-bond acceptors (Lipinski definition) is 5. The summed E-state index contributed by atoms with van der Waals surface area (Å²) < 4.78 is 10.9. The molecule has 5 unspecified atom stereocenters. The van der Waals surface area contributed by atoms with E-state index in [0.717, 1.165) is 6.42 Å². The number of carbonyl (C=O) groups is 2. The summed E-state index contributed by atoms with van der Waals surface area (Å²) in [6, 6.07) is 0. The lowest BCUT2D eigenvalue weighted by atomic mass is 9.80. The molecule has 0 saturated carbocycles. The Kier molecular flexibility index (Phi) is 2.15. The van der Waals surface area contributed by atoms with Crippen LogP contribution in [0.3, 0.4) is 0 Å². The smallest absolute Gasteiger partial charge is 0.333 e. The van der Waals surface area contributed by atoms with Crippen LogP contribution in [0.5, 0.6) is 0 Å². The number of thioether (sulfide) groups is 1. The normalized spacial score (nSPS) is 45.9. The molecule has 3 aliphatic rings. The molecule has 0 spiro atoms. The van der Waals surface area contributed by atoms with Crippen LogP contribution in [0, 0.1) is 5.92 Å². The summed E-state index contributed by atoms with van der Waals surface area (Å²) in [4.78, 5) is 23.3. The van der Waals surface area contributed by atoms with Gasteiger partial charge in [-0.2, -0.15) is 0 Å². The Bertz CT molecular complexity index is 432. The maximum Gasteiger partial charge on any atom is 0.333 e. The van der Waals surface area contributed by atoms with E-state index in [1.165, 1.54) is 0 Å². The molecule has 5 heteroatoms. The zero-order valence-corrected chi connectivity index (χ0v) is 10.6. The first-order valence-electron chi connectivity index (χ1n) is 5.68. The van der Waals surface area contributed by atoms with Gasteiger partial charge in [-0.3, -0.25) is 4.79 Å². The van der Waals surface area contributed by atoms with Gasteiger partial charge in [0.2, 0.25) is 0 Å². The number of fused-ring (bicyclic) bond motifs is 1. The molecule has 3 rings (SSSR count). The third-order valence-electron chi connectivity index (χ3n) is 3.90. The van der Waals surface area contributed by atoms with Gasteiger partial charge in [-0.1, -0.05) is 6.58 Å². The van der Waals surface area contributed by atoms with Crippen molar-refractivity contribution in [2.45, 2.75) is 42.5 Å². The minimum atomic E-state index is -0.686. The Morgan fingerprint density at radius 1 is 1.65 bits per heavy atom. The molecule has 92 valence electrons. The van der Waals surface area contributed by atoms with Gasteiger partial charge in [0.1, 0.15) is 0 Å². The average Bonchev–Trinajstić information content (AvgIpc) is 2.83. The number of ether oxygens (including phenoxy) is 2. The molecule has 3 saturated heterocycles. The van der Waals surface area contributed by atoms with Crippen molar-refractivity contribution in [3.8, 4) is 0 Å². The molecule has 0 aromatic carbocycles. The fourth-order valence-corrected chi connectivity index (χ4v) is 4.93. The molecule has 0 aromatic rings. The maximum absolute atomic E-state index is 11.7. The van der Waals surface area contributed by atoms with Crippen LogP contribution in [-0.2, 0) is 19.1 Å². The van der Waals surface area contributed by atoms with Crippen molar-refractivity contribution in [2.24, 2.45) is 5.92 Å². The monoisotopic (exact) mass is 254 g/mol. The summed E-state index contributed by atoms with van der Waals surface area (Å²) >= 11 is 1.72. The molecule has 0 aromatic heterocycles. The largest absolute Gasteiger partial charge is 0.457 e. The fraction of sp³-hybridized carbons (Fsp3) is 0.667. The van der Waals surface area contributed by atoms with Crippen molar-refractivity contribution >= 4 is 23.7 Å². The first kappa shape index (κ1) is 11.1. The summed E-state index contributed by atoms with van der Waals surface area (Å²) in [5, 5.41) is 0.327. The summed E-state index contributed by atoms with van der Waals surface area (Å²) in [7, 11) is 0. The van der Waals surface area contributed by atoms with Gasteiger partial charge in [-0.15, -0.1) is 11.8 Å². The van der Waals surface area contributed by atoms with Gasteiger partial charge >= 0.3 is 11.9 Å². The summed E-state index contributed by atoms with van der Waals surface area (Å²) in [6.45, 7) is 7.06. The van der Waals surface area contributed by atoms with Gasteiger partial charge in [0.25, 0.3) is 0 Å². The molecule has 0 N–H and O–H groups in total. The van der Waals surface area contributed by atoms with Gasteiger partial charge in [0, 0.05) is 10.8 Å². The molecule has 3 heterocycles. The standard InChI is InChI=1S/C12H14O4S/c1-5(2)10(13)16-12(3)7-4-6-8(17-7)9(12)15-11(6)14/h6-9H,1,4H2,2-3H3. The van der Waals surface area contributed by atoms with Gasteiger partial charge in [0.15, 0.2) is 11.7 Å². The number of carbonyl (C=O) groups excluding carboxylic acids is 2. The van der Waals surface area contributed by atoms with Crippen molar-refractivity contribution in [1.29, 1.82) is 0 Å². The van der Waals surface area contributed by atoms with Crippen molar-refractivity contribution in [3.05, 3.63) is 12.2 Å². The lowest BCUT2D eigenvalue weighted by Crippen LogP contribution is -2.51. The first-order valence-corrected chi connectivity index (χ1v) is 6.62. The van der Waals surface area contributed by atoms with Crippen LogP contribution in [0.4, 0.5) is 0 Å². The van der Waals surface area contributed by atoms with E-state index >= 15 is 0 Å². The topological polar surface area (TPSA) is 52.6 Å². The summed E-state index contributed by atoms with van der Waals surface area (Å²) in [5.74, 6) is -0.531. The van der Waals surface area contributed by atoms with Gasteiger partial charge in [-0.25, -0.2) is 4.79 Å². The van der Waals surface area contributed by atoms with Crippen molar-refractivity contribution in [1.82, 2.24) is 0 Å². The van der Waals surface area contributed by atoms with E-state index in [1.54, 1.807) is 18.7 Å². The minimum absolute atomic E-state index is 0.00612. The molecular formula is C12H14O4S. The van der Waals surface area contributed by atoms with Crippen molar-refractivity contribution < 1.29 is 19.1 Å². The molecule has 0 radical (unpaired) electrons. The molecule has 2 bridgehead atoms. The molecule has 3 aliphatic heterocycles. The average molecular weight is 254 g/mol. The van der Waals surface area contributed by atoms with Crippen LogP contribution in [0.1, 0.15) is 20.3 Å². The second-order valence-electron chi connectivity index (χ2n) is 5.14. The Balaban J connectivity index is 1.87. The van der Waals surface area contributed by atoms with Crippen molar-refractivity contribution in [3.63, 3.8) is 0 Å². The third kappa shape index (κ3) is 1.32. The fourth-order valence-electron chi connectivity index (χ4n) is 2.90. The highest BCUT2D eigenvalue weighted by Crippen LogP contribution is 2.60. The van der Waals surface area contributed by atoms with E-state index in [1.807, 2.05) is 6.92 Å². The van der Waals surface area contributed by atoms with Crippen LogP contribution in [0.2, 0.25) is 0 Å². The number of esters is 2. The Labute approximate surface area is 104 Å². The highest BCUT2D eigenvalue weighted by atomic mass is 32.2. The van der Waals surface area contributed by atoms with Crippen LogP contribution >= 0.6 is 11.8 Å². The molecule has 5 atom stereocenters. The van der Waals surface area contributed by atoms with Crippen LogP contribution in [-0.4, -0.2) is 34.1 Å². The van der Waals surface area contributed by atoms with Gasteiger partial charge in [-0.05, 0) is 20.3 Å². The van der Waals surface area contributed by atoms with Crippen LogP contribution in [0.25, 0.3) is 0 Å². The Morgan fingerprint density at radius 2 is 2.35 bits per heavy atom. The lowest BCUT2D eigenvalue weighted by molar-refractivity contribution is -0.169. The van der Waals surface area contributed by atoms with E-state index in [0.29, 0.717) is 5.57 Å². The summed E-state index contributed by atoms with van der Waals surface area (Å²) in [6.07, 6.45) is 0.469. The first-order chi connectivity index (χ1) is 7.93. The van der Waals surface area contributed by atoms with Gasteiger partial charge < -0.3 is 9.47 Å². The van der Waals surface area contributed by atoms with Crippen LogP contribution in [0.15, 0.2) is 12.2 Å². The van der Waals surface area contributed by atoms with Crippen LogP contribution < -0.4 is 0 Å². The Morgan fingerprint density at radius 3 is 3.00 bits per heavy atom. The second kappa shape index (κ2) is 3.28. The number of rotatable bonds is 2. The SMILES string of the molecule is C=C(C)C(=O)OC1(C)C2CC3C(=O)OC1C3S2. The lowest BCUT2D eigenvalue weighted by Gasteiger charge is -2.35. The molecule has 0 aliphatic carbocycles. The summed E-state index contributed by atoms with van der Waals surface area (Å²) in [5.41, 5.74) is -0.312. The van der Waals surface area contributed by atoms with E-state index in [2.05, 4.69) is 6.58 Å². The predicted molar refractivity (Wildman–Crippen MR) is 62.5 cm³/mol. The van der Waals surface area contributed by atoms with E-state index in [9.17, 15) is 9.59 Å². The van der Waals surface area contributed by atoms with E-state index in [-0.39, 0.29) is 28.5 Å². The van der Waals surface area contributed by atoms with Gasteiger partial charge in [0.05, 0.1) is 11.2 Å². The maximum atomic E-state index is 11.7. The van der Waals surface area contributed by atoms with Crippen molar-refractivity contribution in [2.75, 3.05) is 0 Å². The molecular weight excluding hydrogens is 240 g/mol. The predicted octanol–water partition coefficient (Wildman–Crippen LogP) is 1.29. The molecule has 0 amide bonds. The highest BCUT2D eigenvalue weighted by Gasteiger charge is 2.70. The zero-order valence-electron chi connectivity index (χ0n) is 9.76.